The van der Waals surface area contributed by atoms with Crippen LogP contribution in [0.25, 0.3) is 11.3 Å². The van der Waals surface area contributed by atoms with Gasteiger partial charge in [-0.25, -0.2) is 9.97 Å². The molecule has 9 heteroatoms. The number of anilines is 4. The standard InChI is InChI=1S/C29H37N7O2/c1-35(2)23-12-16-36(17-13-23)24-10-8-21(9-11-24)31-29-26(27(30)37)33-25(20-6-4-3-5-7-20)28(34-29)32-22-14-18-38-19-15-22/h3-11,22-23H,12-19H2,1-2H3,(H2,30,37)(H2,31,32,34). The molecule has 2 aromatic carbocycles. The predicted molar refractivity (Wildman–Crippen MR) is 152 cm³/mol. The second-order valence-corrected chi connectivity index (χ2v) is 10.2. The van der Waals surface area contributed by atoms with Gasteiger partial charge in [0.05, 0.1) is 0 Å². The van der Waals surface area contributed by atoms with Crippen LogP contribution in [0.5, 0.6) is 0 Å². The Morgan fingerprint density at radius 1 is 0.947 bits per heavy atom. The Bertz CT molecular complexity index is 1220. The van der Waals surface area contributed by atoms with Crippen LogP contribution in [0.1, 0.15) is 36.2 Å². The SMILES string of the molecule is CN(C)C1CCN(c2ccc(Nc3nc(NC4CCOCC4)c(-c4ccccc4)nc3C(N)=O)cc2)CC1. The molecule has 3 heterocycles. The zero-order chi connectivity index (χ0) is 26.5. The van der Waals surface area contributed by atoms with Crippen LogP contribution in [0.4, 0.5) is 23.0 Å². The summed E-state index contributed by atoms with van der Waals surface area (Å²) in [6.07, 6.45) is 4.06. The number of carbonyl (C=O) groups is 1. The fraction of sp³-hybridized carbons (Fsp3) is 0.414. The van der Waals surface area contributed by atoms with E-state index in [9.17, 15) is 4.79 Å². The van der Waals surface area contributed by atoms with Crippen molar-refractivity contribution in [3.8, 4) is 11.3 Å². The largest absolute Gasteiger partial charge is 0.381 e. The van der Waals surface area contributed by atoms with Gasteiger partial charge < -0.3 is 30.9 Å². The molecule has 0 aliphatic carbocycles. The van der Waals surface area contributed by atoms with Gasteiger partial charge in [0.15, 0.2) is 17.3 Å². The van der Waals surface area contributed by atoms with Crippen LogP contribution >= 0.6 is 0 Å². The molecular formula is C29H37N7O2. The van der Waals surface area contributed by atoms with Gasteiger partial charge in [-0.3, -0.25) is 4.79 Å². The fourth-order valence-corrected chi connectivity index (χ4v) is 5.16. The minimum Gasteiger partial charge on any atom is -0.381 e. The minimum atomic E-state index is -0.629. The molecule has 0 bridgehead atoms. The van der Waals surface area contributed by atoms with Crippen molar-refractivity contribution in [3.63, 3.8) is 0 Å². The molecule has 2 aliphatic rings. The second kappa shape index (κ2) is 11.8. The van der Waals surface area contributed by atoms with Gasteiger partial charge in [0.1, 0.15) is 5.69 Å². The number of benzene rings is 2. The van der Waals surface area contributed by atoms with Crippen LogP contribution in [0.3, 0.4) is 0 Å². The molecule has 2 aliphatic heterocycles. The van der Waals surface area contributed by atoms with E-state index in [1.807, 2.05) is 42.5 Å². The number of nitrogens with zero attached hydrogens (tertiary/aromatic N) is 4. The quantitative estimate of drug-likeness (QED) is 0.411. The van der Waals surface area contributed by atoms with E-state index in [1.165, 1.54) is 5.69 Å². The third kappa shape index (κ3) is 6.06. The lowest BCUT2D eigenvalue weighted by atomic mass is 10.0. The zero-order valence-electron chi connectivity index (χ0n) is 22.2. The summed E-state index contributed by atoms with van der Waals surface area (Å²) in [5.41, 5.74) is 9.36. The number of rotatable bonds is 8. The lowest BCUT2D eigenvalue weighted by molar-refractivity contribution is 0.0904. The number of piperidine rings is 1. The van der Waals surface area contributed by atoms with E-state index in [4.69, 9.17) is 20.4 Å². The topological polar surface area (TPSA) is 109 Å². The number of primary amides is 1. The van der Waals surface area contributed by atoms with Crippen LogP contribution in [-0.2, 0) is 4.74 Å². The van der Waals surface area contributed by atoms with Crippen LogP contribution in [-0.4, -0.2) is 73.3 Å². The summed E-state index contributed by atoms with van der Waals surface area (Å²) in [6.45, 7) is 3.48. The van der Waals surface area contributed by atoms with E-state index in [2.05, 4.69) is 46.7 Å². The molecule has 3 aromatic rings. The first-order valence-corrected chi connectivity index (χ1v) is 13.4. The van der Waals surface area contributed by atoms with E-state index in [1.54, 1.807) is 0 Å². The number of nitrogens with one attached hydrogen (secondary N) is 2. The second-order valence-electron chi connectivity index (χ2n) is 10.2. The van der Waals surface area contributed by atoms with Gasteiger partial charge >= 0.3 is 0 Å². The molecule has 0 radical (unpaired) electrons. The zero-order valence-corrected chi connectivity index (χ0v) is 22.2. The number of nitrogens with two attached hydrogens (primary N) is 1. The molecule has 200 valence electrons. The third-order valence-electron chi connectivity index (χ3n) is 7.43. The lowest BCUT2D eigenvalue weighted by Crippen LogP contribution is -2.41. The van der Waals surface area contributed by atoms with Crippen molar-refractivity contribution in [2.24, 2.45) is 5.73 Å². The summed E-state index contributed by atoms with van der Waals surface area (Å²) in [6, 6.07) is 18.8. The smallest absolute Gasteiger partial charge is 0.271 e. The van der Waals surface area contributed by atoms with Crippen LogP contribution < -0.4 is 21.3 Å². The van der Waals surface area contributed by atoms with Crippen molar-refractivity contribution in [2.75, 3.05) is 55.9 Å². The Morgan fingerprint density at radius 3 is 2.26 bits per heavy atom. The van der Waals surface area contributed by atoms with E-state index in [0.717, 1.165) is 50.0 Å². The Hall–Kier alpha value is -3.69. The maximum absolute atomic E-state index is 12.5. The molecule has 2 saturated heterocycles. The highest BCUT2D eigenvalue weighted by Crippen LogP contribution is 2.31. The van der Waals surface area contributed by atoms with Gasteiger partial charge in [0.2, 0.25) is 0 Å². The maximum Gasteiger partial charge on any atom is 0.271 e. The van der Waals surface area contributed by atoms with Gasteiger partial charge in [0, 0.05) is 55.3 Å². The minimum absolute atomic E-state index is 0.108. The van der Waals surface area contributed by atoms with Crippen molar-refractivity contribution in [3.05, 3.63) is 60.3 Å². The number of carbonyl (C=O) groups excluding carboxylic acids is 1. The lowest BCUT2D eigenvalue weighted by Gasteiger charge is -2.36. The third-order valence-corrected chi connectivity index (χ3v) is 7.43. The van der Waals surface area contributed by atoms with E-state index in [0.29, 0.717) is 36.6 Å². The van der Waals surface area contributed by atoms with Gasteiger partial charge in [-0.2, -0.15) is 0 Å². The van der Waals surface area contributed by atoms with Gasteiger partial charge in [-0.15, -0.1) is 0 Å². The Labute approximate surface area is 224 Å². The van der Waals surface area contributed by atoms with Crippen molar-refractivity contribution in [1.29, 1.82) is 0 Å². The molecule has 5 rings (SSSR count). The van der Waals surface area contributed by atoms with E-state index in [-0.39, 0.29) is 11.7 Å². The van der Waals surface area contributed by atoms with Crippen molar-refractivity contribution >= 4 is 28.9 Å². The summed E-state index contributed by atoms with van der Waals surface area (Å²) < 4.78 is 5.52. The number of hydrogen-bond acceptors (Lipinski definition) is 8. The molecule has 9 nitrogen and oxygen atoms in total. The highest BCUT2D eigenvalue weighted by Gasteiger charge is 2.23. The molecule has 38 heavy (non-hydrogen) atoms. The summed E-state index contributed by atoms with van der Waals surface area (Å²) in [4.78, 5) is 26.8. The molecule has 1 amide bonds. The molecule has 2 fully saturated rings. The van der Waals surface area contributed by atoms with Crippen molar-refractivity contribution in [1.82, 2.24) is 14.9 Å². The van der Waals surface area contributed by atoms with E-state index < -0.39 is 5.91 Å². The van der Waals surface area contributed by atoms with E-state index >= 15 is 0 Å². The van der Waals surface area contributed by atoms with Crippen LogP contribution in [0, 0.1) is 0 Å². The molecular weight excluding hydrogens is 478 g/mol. The van der Waals surface area contributed by atoms with Crippen LogP contribution in [0.15, 0.2) is 54.6 Å². The maximum atomic E-state index is 12.5. The summed E-state index contributed by atoms with van der Waals surface area (Å²) >= 11 is 0. The van der Waals surface area contributed by atoms with Crippen molar-refractivity contribution in [2.45, 2.75) is 37.8 Å². The Balaban J connectivity index is 1.40. The van der Waals surface area contributed by atoms with Gasteiger partial charge in [0.25, 0.3) is 5.91 Å². The molecule has 0 atom stereocenters. The Morgan fingerprint density at radius 2 is 1.63 bits per heavy atom. The number of ether oxygens (including phenoxy) is 1. The predicted octanol–water partition coefficient (Wildman–Crippen LogP) is 4.11. The number of aromatic nitrogens is 2. The molecule has 0 saturated carbocycles. The average Bonchev–Trinajstić information content (AvgIpc) is 2.94. The summed E-state index contributed by atoms with van der Waals surface area (Å²) in [7, 11) is 4.31. The number of hydrogen-bond donors (Lipinski definition) is 3. The first-order chi connectivity index (χ1) is 18.5. The van der Waals surface area contributed by atoms with Gasteiger partial charge in [-0.05, 0) is 64.0 Å². The molecule has 0 spiro atoms. The monoisotopic (exact) mass is 515 g/mol. The summed E-state index contributed by atoms with van der Waals surface area (Å²) in [5.74, 6) is 0.331. The highest BCUT2D eigenvalue weighted by molar-refractivity contribution is 5.97. The first-order valence-electron chi connectivity index (χ1n) is 13.4. The average molecular weight is 516 g/mol. The molecule has 0 unspecified atom stereocenters. The number of amides is 1. The van der Waals surface area contributed by atoms with Crippen molar-refractivity contribution < 1.29 is 9.53 Å². The Kier molecular flexibility index (Phi) is 8.05. The summed E-state index contributed by atoms with van der Waals surface area (Å²) in [5, 5.41) is 6.85. The van der Waals surface area contributed by atoms with Crippen LogP contribution in [0.2, 0.25) is 0 Å². The molecule has 1 aromatic heterocycles. The highest BCUT2D eigenvalue weighted by atomic mass is 16.5. The fourth-order valence-electron chi connectivity index (χ4n) is 5.16. The first kappa shape index (κ1) is 25.9. The normalized spacial score (nSPS) is 17.0. The molecule has 4 N–H and O–H groups in total. The van der Waals surface area contributed by atoms with Gasteiger partial charge in [-0.1, -0.05) is 30.3 Å².